The van der Waals surface area contributed by atoms with Crippen molar-refractivity contribution in [1.82, 2.24) is 4.57 Å². The molecule has 0 unspecified atom stereocenters. The summed E-state index contributed by atoms with van der Waals surface area (Å²) in [6, 6.07) is 47.1. The van der Waals surface area contributed by atoms with Gasteiger partial charge in [0, 0.05) is 36.6 Å². The van der Waals surface area contributed by atoms with Crippen LogP contribution in [0.15, 0.2) is 138 Å². The summed E-state index contributed by atoms with van der Waals surface area (Å²) in [4.78, 5) is 4.33. The fraction of sp³-hybridized carbons (Fsp3) is 0.0263. The minimum absolute atomic E-state index is 0.435. The summed E-state index contributed by atoms with van der Waals surface area (Å²) in [5.74, 6) is 0.783. The molecular formula is C38H26N2OS. The first-order valence-electron chi connectivity index (χ1n) is 14.0. The molecule has 8 aromatic rings. The molecular weight excluding hydrogens is 532 g/mol. The van der Waals surface area contributed by atoms with Crippen LogP contribution >= 0.6 is 11.3 Å². The molecule has 4 heteroatoms. The van der Waals surface area contributed by atoms with Crippen LogP contribution in [0.1, 0.15) is 5.56 Å². The fourth-order valence-electron chi connectivity index (χ4n) is 6.00. The normalized spacial score (nSPS) is 11.5. The predicted octanol–water partition coefficient (Wildman–Crippen LogP) is 10.7. The number of hydrogen-bond donors (Lipinski definition) is 0. The number of rotatable bonds is 6. The lowest BCUT2D eigenvalue weighted by molar-refractivity contribution is 0.311. The van der Waals surface area contributed by atoms with E-state index in [9.17, 15) is 0 Å². The number of aliphatic imine (C=N–C) groups is 1. The molecule has 0 spiro atoms. The molecule has 3 nitrogen and oxygen atoms in total. The number of benzene rings is 6. The Balaban J connectivity index is 1.16. The second kappa shape index (κ2) is 10.0. The molecule has 0 aliphatic rings. The van der Waals surface area contributed by atoms with Crippen molar-refractivity contribution >= 4 is 65.7 Å². The Bertz CT molecular complexity index is 2210. The smallest absolute Gasteiger partial charge is 0.154 e. The fourth-order valence-corrected chi connectivity index (χ4v) is 7.09. The highest BCUT2D eigenvalue weighted by atomic mass is 32.1. The maximum atomic E-state index is 6.58. The Kier molecular flexibility index (Phi) is 5.87. The van der Waals surface area contributed by atoms with Gasteiger partial charge in [-0.25, -0.2) is 0 Å². The first-order chi connectivity index (χ1) is 20.8. The van der Waals surface area contributed by atoms with Gasteiger partial charge in [0.05, 0.1) is 11.0 Å². The van der Waals surface area contributed by atoms with Crippen LogP contribution in [0.3, 0.4) is 0 Å². The van der Waals surface area contributed by atoms with Gasteiger partial charge in [0.1, 0.15) is 12.3 Å². The summed E-state index contributed by atoms with van der Waals surface area (Å²) in [6.45, 7) is 4.28. The number of nitrogens with zero attached hydrogens (tertiary/aromatic N) is 2. The standard InChI is InChI=1S/C38H26N2OS/c1-39-32-20-22-36-37(31-23-27(17-21-35(31)42-36)26-9-3-2-4-10-26)38(32)41-24-25-15-18-28(19-16-25)40-33-13-7-5-11-29(33)30-12-6-8-14-34(30)40/h2-23H,1,24H2. The molecule has 0 aliphatic carbocycles. The maximum absolute atomic E-state index is 6.58. The van der Waals surface area contributed by atoms with Crippen molar-refractivity contribution < 1.29 is 4.74 Å². The molecule has 0 N–H and O–H groups in total. The summed E-state index contributed by atoms with van der Waals surface area (Å²) < 4.78 is 11.3. The van der Waals surface area contributed by atoms with Crippen LogP contribution in [0.4, 0.5) is 5.69 Å². The number of hydrogen-bond acceptors (Lipinski definition) is 3. The number of aromatic nitrogens is 1. The number of thiophene rings is 1. The number of fused-ring (bicyclic) bond motifs is 6. The molecule has 8 rings (SSSR count). The van der Waals surface area contributed by atoms with Gasteiger partial charge >= 0.3 is 0 Å². The van der Waals surface area contributed by atoms with E-state index in [1.807, 2.05) is 12.1 Å². The van der Waals surface area contributed by atoms with Gasteiger partial charge in [-0.05, 0) is 71.9 Å². The lowest BCUT2D eigenvalue weighted by atomic mass is 10.0. The van der Waals surface area contributed by atoms with E-state index in [0.29, 0.717) is 6.61 Å². The highest BCUT2D eigenvalue weighted by Gasteiger charge is 2.16. The number of ether oxygens (including phenoxy) is 1. The highest BCUT2D eigenvalue weighted by molar-refractivity contribution is 7.25. The van der Waals surface area contributed by atoms with E-state index < -0.39 is 0 Å². The van der Waals surface area contributed by atoms with Gasteiger partial charge < -0.3 is 9.30 Å². The second-order valence-electron chi connectivity index (χ2n) is 10.4. The topological polar surface area (TPSA) is 26.5 Å². The van der Waals surface area contributed by atoms with E-state index in [0.717, 1.165) is 28.1 Å². The van der Waals surface area contributed by atoms with Gasteiger partial charge in [-0.1, -0.05) is 84.9 Å². The van der Waals surface area contributed by atoms with Crippen LogP contribution in [-0.2, 0) is 6.61 Å². The third-order valence-electron chi connectivity index (χ3n) is 8.00. The molecule has 2 heterocycles. The van der Waals surface area contributed by atoms with Gasteiger partial charge in [0.15, 0.2) is 5.75 Å². The highest BCUT2D eigenvalue weighted by Crippen LogP contribution is 2.45. The molecule has 0 atom stereocenters. The molecule has 0 aliphatic heterocycles. The van der Waals surface area contributed by atoms with Crippen LogP contribution in [0.25, 0.3) is 58.8 Å². The molecule has 0 fully saturated rings. The van der Waals surface area contributed by atoms with Crippen molar-refractivity contribution in [3.63, 3.8) is 0 Å². The van der Waals surface area contributed by atoms with Crippen molar-refractivity contribution in [3.8, 4) is 22.6 Å². The Morgan fingerprint density at radius 1 is 0.619 bits per heavy atom. The van der Waals surface area contributed by atoms with Crippen LogP contribution in [0.2, 0.25) is 0 Å². The molecule has 2 aromatic heterocycles. The largest absolute Gasteiger partial charge is 0.486 e. The minimum atomic E-state index is 0.435. The predicted molar refractivity (Wildman–Crippen MR) is 179 cm³/mol. The summed E-state index contributed by atoms with van der Waals surface area (Å²) in [6.07, 6.45) is 0. The molecule has 200 valence electrons. The van der Waals surface area contributed by atoms with Crippen molar-refractivity contribution in [2.75, 3.05) is 0 Å². The zero-order chi connectivity index (χ0) is 28.0. The summed E-state index contributed by atoms with van der Waals surface area (Å²) in [5, 5.41) is 4.80. The molecule has 0 saturated carbocycles. The van der Waals surface area contributed by atoms with Crippen LogP contribution in [-0.4, -0.2) is 11.3 Å². The third-order valence-corrected chi connectivity index (χ3v) is 9.14. The van der Waals surface area contributed by atoms with Crippen molar-refractivity contribution in [1.29, 1.82) is 0 Å². The minimum Gasteiger partial charge on any atom is -0.486 e. The Morgan fingerprint density at radius 3 is 2.00 bits per heavy atom. The Labute approximate surface area is 247 Å². The average molecular weight is 559 g/mol. The van der Waals surface area contributed by atoms with Crippen molar-refractivity contribution in [3.05, 3.63) is 139 Å². The molecule has 0 saturated heterocycles. The quantitative estimate of drug-likeness (QED) is 0.186. The van der Waals surface area contributed by atoms with Crippen LogP contribution in [0, 0.1) is 0 Å². The van der Waals surface area contributed by atoms with E-state index in [2.05, 4.69) is 138 Å². The van der Waals surface area contributed by atoms with E-state index in [-0.39, 0.29) is 0 Å². The zero-order valence-corrected chi connectivity index (χ0v) is 23.6. The van der Waals surface area contributed by atoms with Crippen molar-refractivity contribution in [2.24, 2.45) is 4.99 Å². The third kappa shape index (κ3) is 3.99. The van der Waals surface area contributed by atoms with E-state index >= 15 is 0 Å². The SMILES string of the molecule is C=Nc1ccc2sc3ccc(-c4ccccc4)cc3c2c1OCc1ccc(-n2c3ccccc3c3ccccc32)cc1. The van der Waals surface area contributed by atoms with Crippen LogP contribution < -0.4 is 4.74 Å². The van der Waals surface area contributed by atoms with Gasteiger partial charge in [0.2, 0.25) is 0 Å². The van der Waals surface area contributed by atoms with E-state index in [1.165, 1.54) is 47.7 Å². The number of para-hydroxylation sites is 2. The monoisotopic (exact) mass is 558 g/mol. The first kappa shape index (κ1) is 24.6. The second-order valence-corrected chi connectivity index (χ2v) is 11.5. The van der Waals surface area contributed by atoms with E-state index in [4.69, 9.17) is 4.74 Å². The average Bonchev–Trinajstić information content (AvgIpc) is 3.60. The first-order valence-corrected chi connectivity index (χ1v) is 14.8. The maximum Gasteiger partial charge on any atom is 0.154 e. The van der Waals surface area contributed by atoms with Crippen molar-refractivity contribution in [2.45, 2.75) is 6.61 Å². The lowest BCUT2D eigenvalue weighted by Gasteiger charge is -2.12. The van der Waals surface area contributed by atoms with Gasteiger partial charge in [-0.3, -0.25) is 4.99 Å². The Morgan fingerprint density at radius 2 is 1.29 bits per heavy atom. The van der Waals surface area contributed by atoms with Crippen LogP contribution in [0.5, 0.6) is 5.75 Å². The lowest BCUT2D eigenvalue weighted by Crippen LogP contribution is -1.98. The summed E-state index contributed by atoms with van der Waals surface area (Å²) in [5.41, 5.74) is 7.77. The summed E-state index contributed by atoms with van der Waals surface area (Å²) >= 11 is 1.78. The van der Waals surface area contributed by atoms with Gasteiger partial charge in [0.25, 0.3) is 0 Å². The van der Waals surface area contributed by atoms with E-state index in [1.54, 1.807) is 11.3 Å². The summed E-state index contributed by atoms with van der Waals surface area (Å²) in [7, 11) is 0. The molecule has 42 heavy (non-hydrogen) atoms. The van der Waals surface area contributed by atoms with Gasteiger partial charge in [-0.15, -0.1) is 11.3 Å². The molecule has 0 bridgehead atoms. The zero-order valence-electron chi connectivity index (χ0n) is 22.8. The van der Waals surface area contributed by atoms with Gasteiger partial charge in [-0.2, -0.15) is 0 Å². The molecule has 0 amide bonds. The Hall–Kier alpha value is -5.19. The molecule has 6 aromatic carbocycles. The molecule has 0 radical (unpaired) electrons.